The molecule has 0 spiro atoms. The number of nitrogens with zero attached hydrogens (tertiary/aromatic N) is 1. The molecule has 1 aromatic heterocycles. The maximum absolute atomic E-state index is 6.10. The van der Waals surface area contributed by atoms with Crippen molar-refractivity contribution in [1.82, 2.24) is 4.57 Å². The van der Waals surface area contributed by atoms with Gasteiger partial charge in [-0.05, 0) is 37.3 Å². The van der Waals surface area contributed by atoms with Crippen molar-refractivity contribution >= 4 is 34.3 Å². The highest BCUT2D eigenvalue weighted by Gasteiger charge is 2.10. The van der Waals surface area contributed by atoms with Crippen LogP contribution in [0.4, 0.5) is 0 Å². The number of hydrogen-bond donors (Lipinski definition) is 1. The Balaban J connectivity index is 2.45. The first-order valence-electron chi connectivity index (χ1n) is 6.13. The van der Waals surface area contributed by atoms with Gasteiger partial charge in [-0.25, -0.2) is 0 Å². The van der Waals surface area contributed by atoms with Crippen LogP contribution in [0.25, 0.3) is 10.9 Å². The van der Waals surface area contributed by atoms with E-state index < -0.39 is 0 Å². The third kappa shape index (κ3) is 3.02. The number of thioether (sulfide) groups is 1. The molecule has 0 saturated carbocycles. The molecule has 2 N–H and O–H groups in total. The Hall–Kier alpha value is -0.640. The summed E-state index contributed by atoms with van der Waals surface area (Å²) in [6.07, 6.45) is 5.26. The van der Waals surface area contributed by atoms with Crippen molar-refractivity contribution in [2.75, 3.05) is 12.0 Å². The lowest BCUT2D eigenvalue weighted by atomic mass is 10.1. The highest BCUT2D eigenvalue weighted by molar-refractivity contribution is 7.98. The zero-order valence-electron chi connectivity index (χ0n) is 10.8. The first-order chi connectivity index (χ1) is 8.61. The smallest absolute Gasteiger partial charge is 0.0498 e. The molecule has 18 heavy (non-hydrogen) atoms. The summed E-state index contributed by atoms with van der Waals surface area (Å²) >= 11 is 7.95. The van der Waals surface area contributed by atoms with Gasteiger partial charge in [0.1, 0.15) is 0 Å². The van der Waals surface area contributed by atoms with E-state index in [2.05, 4.69) is 23.1 Å². The van der Waals surface area contributed by atoms with Gasteiger partial charge >= 0.3 is 0 Å². The van der Waals surface area contributed by atoms with Crippen LogP contribution in [0.1, 0.15) is 12.5 Å². The van der Waals surface area contributed by atoms with Crippen LogP contribution in [-0.4, -0.2) is 22.6 Å². The van der Waals surface area contributed by atoms with Gasteiger partial charge in [0.05, 0.1) is 0 Å². The number of halogens is 1. The second-order valence-electron chi connectivity index (χ2n) is 4.68. The van der Waals surface area contributed by atoms with Crippen LogP contribution in [0.5, 0.6) is 0 Å². The predicted molar refractivity (Wildman–Crippen MR) is 82.7 cm³/mol. The van der Waals surface area contributed by atoms with Crippen LogP contribution in [0, 0.1) is 0 Å². The van der Waals surface area contributed by atoms with Crippen LogP contribution in [0.15, 0.2) is 24.4 Å². The minimum absolute atomic E-state index is 0.181. The van der Waals surface area contributed by atoms with Gasteiger partial charge in [-0.15, -0.1) is 0 Å². The fourth-order valence-electron chi connectivity index (χ4n) is 2.23. The van der Waals surface area contributed by atoms with Crippen molar-refractivity contribution in [1.29, 1.82) is 0 Å². The molecule has 0 bridgehead atoms. The standard InChI is InChI=1S/C14H19ClN2S/c1-10(16)7-11-9-17(5-6-18-2)14-8-12(15)3-4-13(11)14/h3-4,8-10H,5-7,16H2,1-2H3. The number of hydrogen-bond acceptors (Lipinski definition) is 2. The van der Waals surface area contributed by atoms with Gasteiger partial charge < -0.3 is 10.3 Å². The van der Waals surface area contributed by atoms with Crippen LogP contribution in [0.2, 0.25) is 5.02 Å². The van der Waals surface area contributed by atoms with Gasteiger partial charge in [0.15, 0.2) is 0 Å². The molecule has 1 atom stereocenters. The van der Waals surface area contributed by atoms with Gasteiger partial charge in [0.25, 0.3) is 0 Å². The van der Waals surface area contributed by atoms with Gasteiger partial charge in [0.2, 0.25) is 0 Å². The molecule has 0 saturated heterocycles. The molecule has 2 aromatic rings. The lowest BCUT2D eigenvalue weighted by Crippen LogP contribution is -2.17. The summed E-state index contributed by atoms with van der Waals surface area (Å²) in [5.41, 5.74) is 8.45. The Morgan fingerprint density at radius 2 is 2.22 bits per heavy atom. The van der Waals surface area contributed by atoms with E-state index in [1.54, 1.807) is 0 Å². The summed E-state index contributed by atoms with van der Waals surface area (Å²) < 4.78 is 2.29. The topological polar surface area (TPSA) is 30.9 Å². The Labute approximate surface area is 117 Å². The third-order valence-electron chi connectivity index (χ3n) is 3.01. The summed E-state index contributed by atoms with van der Waals surface area (Å²) in [6, 6.07) is 6.28. The van der Waals surface area contributed by atoms with Crippen molar-refractivity contribution in [3.63, 3.8) is 0 Å². The van der Waals surface area contributed by atoms with Gasteiger partial charge in [-0.3, -0.25) is 0 Å². The van der Waals surface area contributed by atoms with E-state index in [1.807, 2.05) is 30.8 Å². The molecule has 2 rings (SSSR count). The lowest BCUT2D eigenvalue weighted by molar-refractivity contribution is 0.732. The zero-order chi connectivity index (χ0) is 13.1. The molecule has 0 aliphatic heterocycles. The summed E-state index contributed by atoms with van der Waals surface area (Å²) in [6.45, 7) is 3.05. The molecule has 1 heterocycles. The first kappa shape index (κ1) is 13.8. The Morgan fingerprint density at radius 1 is 1.44 bits per heavy atom. The Kier molecular flexibility index (Phi) is 4.60. The number of nitrogens with two attached hydrogens (primary N) is 1. The number of aryl methyl sites for hydroxylation is 1. The molecule has 0 aliphatic carbocycles. The summed E-state index contributed by atoms with van der Waals surface area (Å²) in [4.78, 5) is 0. The average Bonchev–Trinajstić information content (AvgIpc) is 2.63. The predicted octanol–water partition coefficient (Wildman–Crippen LogP) is 3.55. The quantitative estimate of drug-likeness (QED) is 0.909. The van der Waals surface area contributed by atoms with Crippen LogP contribution >= 0.6 is 23.4 Å². The molecule has 2 nitrogen and oxygen atoms in total. The fourth-order valence-corrected chi connectivity index (χ4v) is 2.77. The minimum atomic E-state index is 0.181. The van der Waals surface area contributed by atoms with Crippen molar-refractivity contribution in [2.24, 2.45) is 5.73 Å². The molecule has 0 aliphatic rings. The second-order valence-corrected chi connectivity index (χ2v) is 6.11. The zero-order valence-corrected chi connectivity index (χ0v) is 12.4. The van der Waals surface area contributed by atoms with E-state index in [0.29, 0.717) is 0 Å². The van der Waals surface area contributed by atoms with E-state index in [1.165, 1.54) is 16.5 Å². The number of fused-ring (bicyclic) bond motifs is 1. The Morgan fingerprint density at radius 3 is 2.89 bits per heavy atom. The normalized spacial score (nSPS) is 13.1. The van der Waals surface area contributed by atoms with E-state index >= 15 is 0 Å². The largest absolute Gasteiger partial charge is 0.346 e. The van der Waals surface area contributed by atoms with Crippen molar-refractivity contribution in [3.05, 3.63) is 35.0 Å². The monoisotopic (exact) mass is 282 g/mol. The highest BCUT2D eigenvalue weighted by Crippen LogP contribution is 2.26. The van der Waals surface area contributed by atoms with E-state index in [-0.39, 0.29) is 6.04 Å². The molecular weight excluding hydrogens is 264 g/mol. The molecule has 0 amide bonds. The highest BCUT2D eigenvalue weighted by atomic mass is 35.5. The van der Waals surface area contributed by atoms with Crippen molar-refractivity contribution in [3.8, 4) is 0 Å². The molecule has 0 fully saturated rings. The second kappa shape index (κ2) is 6.00. The number of benzene rings is 1. The summed E-state index contributed by atoms with van der Waals surface area (Å²) in [5, 5.41) is 2.07. The molecule has 4 heteroatoms. The third-order valence-corrected chi connectivity index (χ3v) is 3.83. The van der Waals surface area contributed by atoms with Gasteiger partial charge in [0, 0.05) is 40.5 Å². The van der Waals surface area contributed by atoms with Crippen LogP contribution in [-0.2, 0) is 13.0 Å². The Bertz CT molecular complexity index is 534. The lowest BCUT2D eigenvalue weighted by Gasteiger charge is -2.03. The maximum Gasteiger partial charge on any atom is 0.0498 e. The molecule has 1 aromatic carbocycles. The fraction of sp³-hybridized carbons (Fsp3) is 0.429. The first-order valence-corrected chi connectivity index (χ1v) is 7.90. The van der Waals surface area contributed by atoms with Crippen LogP contribution in [0.3, 0.4) is 0 Å². The van der Waals surface area contributed by atoms with Crippen LogP contribution < -0.4 is 5.73 Å². The summed E-state index contributed by atoms with van der Waals surface area (Å²) in [7, 11) is 0. The summed E-state index contributed by atoms with van der Waals surface area (Å²) in [5.74, 6) is 1.11. The van der Waals surface area contributed by atoms with Crippen molar-refractivity contribution < 1.29 is 0 Å². The van der Waals surface area contributed by atoms with E-state index in [4.69, 9.17) is 17.3 Å². The number of rotatable bonds is 5. The maximum atomic E-state index is 6.10. The molecule has 1 unspecified atom stereocenters. The van der Waals surface area contributed by atoms with Gasteiger partial charge in [-0.2, -0.15) is 11.8 Å². The average molecular weight is 283 g/mol. The SMILES string of the molecule is CSCCn1cc(CC(C)N)c2ccc(Cl)cc21. The van der Waals surface area contributed by atoms with Crippen molar-refractivity contribution in [2.45, 2.75) is 25.9 Å². The van der Waals surface area contributed by atoms with Gasteiger partial charge in [-0.1, -0.05) is 17.7 Å². The number of aromatic nitrogens is 1. The molecular formula is C14H19ClN2S. The molecule has 0 radical (unpaired) electrons. The van der Waals surface area contributed by atoms with E-state index in [0.717, 1.165) is 23.7 Å². The minimum Gasteiger partial charge on any atom is -0.346 e. The van der Waals surface area contributed by atoms with E-state index in [9.17, 15) is 0 Å². The molecule has 98 valence electrons.